The highest BCUT2D eigenvalue weighted by molar-refractivity contribution is 5.71. The van der Waals surface area contributed by atoms with E-state index in [1.54, 1.807) is 6.07 Å². The molecule has 0 aliphatic carbocycles. The van der Waals surface area contributed by atoms with Crippen LogP contribution in [0.4, 0.5) is 26.3 Å². The average molecular weight is 509 g/mol. The fourth-order valence-electron chi connectivity index (χ4n) is 4.57. The van der Waals surface area contributed by atoms with Crippen molar-refractivity contribution in [2.24, 2.45) is 5.92 Å². The second-order valence-electron chi connectivity index (χ2n) is 9.04. The van der Waals surface area contributed by atoms with Crippen LogP contribution >= 0.6 is 0 Å². The topological polar surface area (TPSA) is 9.23 Å². The molecule has 0 fully saturated rings. The van der Waals surface area contributed by atoms with E-state index in [4.69, 9.17) is 0 Å². The zero-order valence-corrected chi connectivity index (χ0v) is 20.4. The van der Waals surface area contributed by atoms with Crippen LogP contribution < -0.4 is 4.74 Å². The Kier molecular flexibility index (Phi) is 9.46. The summed E-state index contributed by atoms with van der Waals surface area (Å²) in [7, 11) is 0. The summed E-state index contributed by atoms with van der Waals surface area (Å²) < 4.78 is 83.4. The smallest absolute Gasteiger partial charge is 0.399 e. The van der Waals surface area contributed by atoms with Gasteiger partial charge in [-0.3, -0.25) is 0 Å². The number of hydrogen-bond acceptors (Lipinski definition) is 1. The van der Waals surface area contributed by atoms with Gasteiger partial charge in [-0.15, -0.1) is 13.2 Å². The molecule has 0 heterocycles. The first-order valence-corrected chi connectivity index (χ1v) is 12.2. The molecule has 0 saturated carbocycles. The Morgan fingerprint density at radius 3 is 1.78 bits per heavy atom. The van der Waals surface area contributed by atoms with E-state index in [0.717, 1.165) is 24.3 Å². The molecule has 3 aromatic carbocycles. The highest BCUT2D eigenvalue weighted by Gasteiger charge is 2.34. The SMILES string of the molecule is CCCC(CCC)CCCc1ccc(-c2ccc(-c3cc(F)c(OC(F)(F)F)c(F)c3)c(F)c2)cc1. The lowest BCUT2D eigenvalue weighted by molar-refractivity contribution is -0.276. The standard InChI is InChI=1S/C29H30F6O/c1-3-6-19(7-4-2)8-5-9-20-10-12-21(13-11-20)22-14-15-24(25(30)16-22)23-17-26(31)28(27(32)18-23)36-29(33,34)35/h10-19H,3-9H2,1-2H3. The van der Waals surface area contributed by atoms with Crippen LogP contribution in [0.5, 0.6) is 5.75 Å². The highest BCUT2D eigenvalue weighted by atomic mass is 19.4. The Hall–Kier alpha value is -2.96. The Morgan fingerprint density at radius 2 is 1.25 bits per heavy atom. The van der Waals surface area contributed by atoms with E-state index in [-0.39, 0.29) is 11.1 Å². The van der Waals surface area contributed by atoms with Crippen LogP contribution in [0.1, 0.15) is 57.9 Å². The molecule has 0 saturated heterocycles. The predicted molar refractivity (Wildman–Crippen MR) is 130 cm³/mol. The van der Waals surface area contributed by atoms with Crippen molar-refractivity contribution in [3.8, 4) is 28.0 Å². The fraction of sp³-hybridized carbons (Fsp3) is 0.379. The van der Waals surface area contributed by atoms with Gasteiger partial charge in [-0.2, -0.15) is 0 Å². The summed E-state index contributed by atoms with van der Waals surface area (Å²) in [6, 6.07) is 13.2. The Balaban J connectivity index is 1.71. The molecule has 0 bridgehead atoms. The second kappa shape index (κ2) is 12.3. The summed E-state index contributed by atoms with van der Waals surface area (Å²) in [5.74, 6) is -4.70. The molecular weight excluding hydrogens is 478 g/mol. The number of rotatable bonds is 11. The first kappa shape index (κ1) is 27.6. The van der Waals surface area contributed by atoms with Crippen molar-refractivity contribution in [3.63, 3.8) is 0 Å². The van der Waals surface area contributed by atoms with Crippen molar-refractivity contribution >= 4 is 0 Å². The van der Waals surface area contributed by atoms with Gasteiger partial charge < -0.3 is 4.74 Å². The molecule has 0 aromatic heterocycles. The highest BCUT2D eigenvalue weighted by Crippen LogP contribution is 2.34. The summed E-state index contributed by atoms with van der Waals surface area (Å²) in [6.45, 7) is 4.44. The molecule has 0 aliphatic heterocycles. The second-order valence-corrected chi connectivity index (χ2v) is 9.04. The molecule has 3 rings (SSSR count). The number of benzene rings is 3. The number of ether oxygens (including phenoxy) is 1. The zero-order chi connectivity index (χ0) is 26.3. The lowest BCUT2D eigenvalue weighted by atomic mass is 9.91. The molecule has 7 heteroatoms. The van der Waals surface area contributed by atoms with Crippen LogP contribution in [-0.4, -0.2) is 6.36 Å². The maximum Gasteiger partial charge on any atom is 0.573 e. The first-order valence-electron chi connectivity index (χ1n) is 12.2. The van der Waals surface area contributed by atoms with E-state index in [2.05, 4.69) is 18.6 Å². The minimum Gasteiger partial charge on any atom is -0.399 e. The molecule has 0 spiro atoms. The van der Waals surface area contributed by atoms with E-state index in [0.29, 0.717) is 17.7 Å². The largest absolute Gasteiger partial charge is 0.573 e. The number of alkyl halides is 3. The van der Waals surface area contributed by atoms with Crippen LogP contribution in [0.25, 0.3) is 22.3 Å². The van der Waals surface area contributed by atoms with E-state index in [9.17, 15) is 26.3 Å². The van der Waals surface area contributed by atoms with Gasteiger partial charge in [-0.25, -0.2) is 13.2 Å². The van der Waals surface area contributed by atoms with Crippen LogP contribution in [-0.2, 0) is 6.42 Å². The monoisotopic (exact) mass is 508 g/mol. The maximum absolute atomic E-state index is 14.8. The van der Waals surface area contributed by atoms with Gasteiger partial charge in [-0.1, -0.05) is 82.3 Å². The maximum atomic E-state index is 14.8. The molecule has 0 amide bonds. The average Bonchev–Trinajstić information content (AvgIpc) is 2.81. The third kappa shape index (κ3) is 7.52. The van der Waals surface area contributed by atoms with Crippen LogP contribution in [0.15, 0.2) is 54.6 Å². The van der Waals surface area contributed by atoms with Crippen molar-refractivity contribution in [1.82, 2.24) is 0 Å². The molecule has 0 aliphatic rings. The molecule has 3 aromatic rings. The van der Waals surface area contributed by atoms with Crippen LogP contribution in [0.2, 0.25) is 0 Å². The van der Waals surface area contributed by atoms with Crippen molar-refractivity contribution in [2.75, 3.05) is 0 Å². The summed E-state index contributed by atoms with van der Waals surface area (Å²) >= 11 is 0. The van der Waals surface area contributed by atoms with Crippen molar-refractivity contribution in [3.05, 3.63) is 77.6 Å². The van der Waals surface area contributed by atoms with Gasteiger partial charge in [0.1, 0.15) is 5.82 Å². The summed E-state index contributed by atoms with van der Waals surface area (Å²) in [5, 5.41) is 0. The van der Waals surface area contributed by atoms with Crippen LogP contribution in [0, 0.1) is 23.4 Å². The third-order valence-corrected chi connectivity index (χ3v) is 6.26. The molecule has 0 N–H and O–H groups in total. The van der Waals surface area contributed by atoms with Gasteiger partial charge in [0, 0.05) is 5.56 Å². The quantitative estimate of drug-likeness (QED) is 0.234. The van der Waals surface area contributed by atoms with Crippen LogP contribution in [0.3, 0.4) is 0 Å². The molecule has 194 valence electrons. The van der Waals surface area contributed by atoms with E-state index < -0.39 is 29.6 Å². The van der Waals surface area contributed by atoms with Crippen molar-refractivity contribution in [1.29, 1.82) is 0 Å². The molecule has 0 atom stereocenters. The lowest BCUT2D eigenvalue weighted by Gasteiger charge is -2.15. The van der Waals surface area contributed by atoms with Gasteiger partial charge in [0.15, 0.2) is 11.6 Å². The van der Waals surface area contributed by atoms with E-state index in [1.165, 1.54) is 49.8 Å². The van der Waals surface area contributed by atoms with Crippen molar-refractivity contribution < 1.29 is 31.1 Å². The van der Waals surface area contributed by atoms with Gasteiger partial charge in [0.2, 0.25) is 5.75 Å². The van der Waals surface area contributed by atoms with E-state index in [1.807, 2.05) is 24.3 Å². The lowest BCUT2D eigenvalue weighted by Crippen LogP contribution is -2.19. The number of aryl methyl sites for hydroxylation is 1. The van der Waals surface area contributed by atoms with Gasteiger partial charge in [0.05, 0.1) is 0 Å². The molecular formula is C29H30F6O. The molecule has 0 radical (unpaired) electrons. The first-order chi connectivity index (χ1) is 17.1. The minimum atomic E-state index is -5.25. The minimum absolute atomic E-state index is 0.138. The van der Waals surface area contributed by atoms with Crippen molar-refractivity contribution in [2.45, 2.75) is 65.2 Å². The third-order valence-electron chi connectivity index (χ3n) is 6.26. The van der Waals surface area contributed by atoms with Gasteiger partial charge >= 0.3 is 6.36 Å². The Morgan fingerprint density at radius 1 is 0.694 bits per heavy atom. The number of hydrogen-bond donors (Lipinski definition) is 0. The normalized spacial score (nSPS) is 11.8. The number of halogens is 6. The Labute approximate surface area is 208 Å². The summed E-state index contributed by atoms with van der Waals surface area (Å²) in [6.07, 6.45) is 2.99. The Bertz CT molecular complexity index is 1110. The van der Waals surface area contributed by atoms with E-state index >= 15 is 0 Å². The molecule has 1 nitrogen and oxygen atoms in total. The molecule has 36 heavy (non-hydrogen) atoms. The predicted octanol–water partition coefficient (Wildman–Crippen LogP) is 9.88. The van der Waals surface area contributed by atoms with Gasteiger partial charge in [0.25, 0.3) is 0 Å². The summed E-state index contributed by atoms with van der Waals surface area (Å²) in [5.41, 5.74) is 2.19. The fourth-order valence-corrected chi connectivity index (χ4v) is 4.57. The summed E-state index contributed by atoms with van der Waals surface area (Å²) in [4.78, 5) is 0. The zero-order valence-electron chi connectivity index (χ0n) is 20.4. The van der Waals surface area contributed by atoms with Gasteiger partial charge in [-0.05, 0) is 59.2 Å². The molecule has 0 unspecified atom stereocenters.